The number of aromatic nitrogens is 3. The van der Waals surface area contributed by atoms with Crippen LogP contribution in [0.4, 0.5) is 23.0 Å². The molecule has 0 amide bonds. The van der Waals surface area contributed by atoms with E-state index < -0.39 is 4.92 Å². The number of anilines is 3. The Bertz CT molecular complexity index is 852. The summed E-state index contributed by atoms with van der Waals surface area (Å²) in [5.41, 5.74) is 6.93. The lowest BCUT2D eigenvalue weighted by Crippen LogP contribution is -2.02. The number of nitrogen functional groups attached to an aromatic ring is 1. The highest BCUT2D eigenvalue weighted by Crippen LogP contribution is 2.34. The molecule has 0 aliphatic carbocycles. The number of nitrogens with zero attached hydrogens (tertiary/aromatic N) is 4. The zero-order valence-electron chi connectivity index (χ0n) is 10.3. The van der Waals surface area contributed by atoms with E-state index in [1.807, 2.05) is 0 Å². The highest BCUT2D eigenvalue weighted by Gasteiger charge is 2.19. The second kappa shape index (κ2) is 5.11. The van der Waals surface area contributed by atoms with Crippen molar-refractivity contribution in [2.45, 2.75) is 0 Å². The summed E-state index contributed by atoms with van der Waals surface area (Å²) < 4.78 is 8.22. The number of nitrogens with two attached hydrogens (primary N) is 1. The molecule has 0 bridgehead atoms. The lowest BCUT2D eigenvalue weighted by Gasteiger charge is -2.08. The lowest BCUT2D eigenvalue weighted by molar-refractivity contribution is -0.384. The van der Waals surface area contributed by atoms with E-state index in [0.29, 0.717) is 21.7 Å². The maximum absolute atomic E-state index is 11.0. The van der Waals surface area contributed by atoms with Gasteiger partial charge < -0.3 is 11.1 Å². The van der Waals surface area contributed by atoms with Crippen LogP contribution in [0.1, 0.15) is 0 Å². The van der Waals surface area contributed by atoms with Crippen LogP contribution in [0.25, 0.3) is 11.0 Å². The first kappa shape index (κ1) is 13.5. The van der Waals surface area contributed by atoms with Gasteiger partial charge in [-0.05, 0) is 18.2 Å². The van der Waals surface area contributed by atoms with Gasteiger partial charge in [0.05, 0.1) is 27.4 Å². The van der Waals surface area contributed by atoms with Crippen molar-refractivity contribution in [3.05, 3.63) is 39.4 Å². The van der Waals surface area contributed by atoms with Crippen molar-refractivity contribution in [2.75, 3.05) is 11.1 Å². The zero-order valence-corrected chi connectivity index (χ0v) is 11.9. The summed E-state index contributed by atoms with van der Waals surface area (Å²) in [7, 11) is 0. The van der Waals surface area contributed by atoms with E-state index in [1.54, 1.807) is 12.1 Å². The second-order valence-corrected chi connectivity index (χ2v) is 4.98. The van der Waals surface area contributed by atoms with Crippen LogP contribution in [-0.2, 0) is 0 Å². The molecule has 0 saturated heterocycles. The lowest BCUT2D eigenvalue weighted by atomic mass is 10.2. The third-order valence-corrected chi connectivity index (χ3v) is 3.57. The third kappa shape index (κ3) is 2.43. The SMILES string of the molecule is Nc1ccc([N+](=O)[O-])c(Nc2c(Cl)ccc3nsnc23)n1. The Morgan fingerprint density at radius 2 is 2.10 bits per heavy atom. The van der Waals surface area contributed by atoms with E-state index in [2.05, 4.69) is 19.0 Å². The summed E-state index contributed by atoms with van der Waals surface area (Å²) in [4.78, 5) is 14.4. The average Bonchev–Trinajstić information content (AvgIpc) is 2.90. The molecule has 3 aromatic rings. The Labute approximate surface area is 127 Å². The van der Waals surface area contributed by atoms with Crippen LogP contribution >= 0.6 is 23.3 Å². The van der Waals surface area contributed by atoms with Crippen LogP contribution in [0.2, 0.25) is 5.02 Å². The van der Waals surface area contributed by atoms with Gasteiger partial charge in [0.1, 0.15) is 16.9 Å². The third-order valence-electron chi connectivity index (χ3n) is 2.71. The number of nitro groups is 1. The van der Waals surface area contributed by atoms with E-state index >= 15 is 0 Å². The molecule has 0 aliphatic rings. The molecule has 10 heteroatoms. The van der Waals surface area contributed by atoms with E-state index in [1.165, 1.54) is 12.1 Å². The minimum Gasteiger partial charge on any atom is -0.384 e. The summed E-state index contributed by atoms with van der Waals surface area (Å²) in [6.45, 7) is 0. The van der Waals surface area contributed by atoms with Crippen molar-refractivity contribution in [3.8, 4) is 0 Å². The van der Waals surface area contributed by atoms with Crippen molar-refractivity contribution in [3.63, 3.8) is 0 Å². The van der Waals surface area contributed by atoms with Crippen molar-refractivity contribution in [2.24, 2.45) is 0 Å². The fraction of sp³-hybridized carbons (Fsp3) is 0. The van der Waals surface area contributed by atoms with Gasteiger partial charge in [-0.2, -0.15) is 8.75 Å². The molecule has 0 unspecified atom stereocenters. The van der Waals surface area contributed by atoms with Gasteiger partial charge in [-0.3, -0.25) is 10.1 Å². The summed E-state index contributed by atoms with van der Waals surface area (Å²) in [5.74, 6) is 0.158. The van der Waals surface area contributed by atoms with E-state index in [-0.39, 0.29) is 17.3 Å². The average molecular weight is 323 g/mol. The molecule has 21 heavy (non-hydrogen) atoms. The maximum Gasteiger partial charge on any atom is 0.311 e. The molecule has 0 radical (unpaired) electrons. The number of hydrogen-bond acceptors (Lipinski definition) is 8. The van der Waals surface area contributed by atoms with Crippen LogP contribution in [-0.4, -0.2) is 18.7 Å². The molecule has 3 N–H and O–H groups in total. The fourth-order valence-corrected chi connectivity index (χ4v) is 2.51. The number of nitrogens with one attached hydrogen (secondary N) is 1. The molecule has 0 spiro atoms. The van der Waals surface area contributed by atoms with Crippen LogP contribution in [0.5, 0.6) is 0 Å². The number of hydrogen-bond donors (Lipinski definition) is 2. The molecule has 0 aliphatic heterocycles. The van der Waals surface area contributed by atoms with Gasteiger partial charge in [-0.15, -0.1) is 0 Å². The number of halogens is 1. The molecule has 2 heterocycles. The molecule has 8 nitrogen and oxygen atoms in total. The molecular formula is C11H7ClN6O2S. The predicted octanol–water partition coefficient (Wildman–Crippen LogP) is 2.97. The molecule has 0 saturated carbocycles. The number of pyridine rings is 1. The van der Waals surface area contributed by atoms with Crippen LogP contribution < -0.4 is 11.1 Å². The monoisotopic (exact) mass is 322 g/mol. The number of rotatable bonds is 3. The van der Waals surface area contributed by atoms with Crippen molar-refractivity contribution >= 4 is 57.4 Å². The Morgan fingerprint density at radius 3 is 2.86 bits per heavy atom. The normalized spacial score (nSPS) is 10.7. The molecule has 2 aromatic heterocycles. The quantitative estimate of drug-likeness (QED) is 0.561. The van der Waals surface area contributed by atoms with Crippen molar-refractivity contribution < 1.29 is 4.92 Å². The minimum atomic E-state index is -0.553. The maximum atomic E-state index is 11.0. The Hall–Kier alpha value is -2.52. The van der Waals surface area contributed by atoms with E-state index in [4.69, 9.17) is 17.3 Å². The molecule has 0 atom stereocenters. The van der Waals surface area contributed by atoms with E-state index in [9.17, 15) is 10.1 Å². The van der Waals surface area contributed by atoms with Gasteiger partial charge in [0.2, 0.25) is 5.82 Å². The largest absolute Gasteiger partial charge is 0.384 e. The van der Waals surface area contributed by atoms with Gasteiger partial charge >= 0.3 is 5.69 Å². The number of benzene rings is 1. The van der Waals surface area contributed by atoms with Gasteiger partial charge in [0.25, 0.3) is 0 Å². The van der Waals surface area contributed by atoms with Gasteiger partial charge in [-0.25, -0.2) is 4.98 Å². The Balaban J connectivity index is 2.14. The summed E-state index contributed by atoms with van der Waals surface area (Å²) >= 11 is 7.15. The van der Waals surface area contributed by atoms with Crippen LogP contribution in [0.15, 0.2) is 24.3 Å². The first-order valence-corrected chi connectivity index (χ1v) is 6.76. The summed E-state index contributed by atoms with van der Waals surface area (Å²) in [6.07, 6.45) is 0. The molecular weight excluding hydrogens is 316 g/mol. The summed E-state index contributed by atoms with van der Waals surface area (Å²) in [6, 6.07) is 5.98. The van der Waals surface area contributed by atoms with Crippen molar-refractivity contribution in [1.82, 2.24) is 13.7 Å². The van der Waals surface area contributed by atoms with Gasteiger partial charge in [0, 0.05) is 6.07 Å². The Morgan fingerprint density at radius 1 is 1.29 bits per heavy atom. The summed E-state index contributed by atoms with van der Waals surface area (Å²) in [5, 5.41) is 14.2. The zero-order chi connectivity index (χ0) is 15.0. The van der Waals surface area contributed by atoms with Gasteiger partial charge in [-0.1, -0.05) is 11.6 Å². The van der Waals surface area contributed by atoms with Crippen LogP contribution in [0, 0.1) is 10.1 Å². The van der Waals surface area contributed by atoms with E-state index in [0.717, 1.165) is 11.7 Å². The standard InChI is InChI=1S/C11H7ClN6O2S/c12-5-1-2-6-10(17-21-16-6)9(5)15-11-7(18(19)20)3-4-8(13)14-11/h1-4H,(H3,13,14,15). The predicted molar refractivity (Wildman–Crippen MR) is 81.0 cm³/mol. The smallest absolute Gasteiger partial charge is 0.311 e. The first-order chi connectivity index (χ1) is 10.1. The highest BCUT2D eigenvalue weighted by molar-refractivity contribution is 7.00. The first-order valence-electron chi connectivity index (χ1n) is 5.65. The fourth-order valence-electron chi connectivity index (χ4n) is 1.77. The highest BCUT2D eigenvalue weighted by atomic mass is 35.5. The minimum absolute atomic E-state index is 0.00222. The van der Waals surface area contributed by atoms with Crippen LogP contribution in [0.3, 0.4) is 0 Å². The molecule has 0 fully saturated rings. The Kier molecular flexibility index (Phi) is 3.28. The molecule has 106 valence electrons. The van der Waals surface area contributed by atoms with Gasteiger partial charge in [0.15, 0.2) is 0 Å². The molecule has 1 aromatic carbocycles. The molecule has 3 rings (SSSR count). The second-order valence-electron chi connectivity index (χ2n) is 4.04. The van der Waals surface area contributed by atoms with Crippen molar-refractivity contribution in [1.29, 1.82) is 0 Å². The topological polar surface area (TPSA) is 120 Å². The number of fused-ring (bicyclic) bond motifs is 1.